The standard InChI is InChI=1S/C17H25N3O/c1-3-10-18-15(17(2)8-4-5-9-17)12-6-7-13-14(11-12)20-16(21)19-13/h6-7,11,15,18H,3-5,8-10H2,1-2H3,(H2,19,20,21). The van der Waals surface area contributed by atoms with Crippen LogP contribution < -0.4 is 11.0 Å². The van der Waals surface area contributed by atoms with E-state index in [-0.39, 0.29) is 5.69 Å². The lowest BCUT2D eigenvalue weighted by molar-refractivity contribution is 0.224. The van der Waals surface area contributed by atoms with Gasteiger partial charge in [0.05, 0.1) is 11.0 Å². The SMILES string of the molecule is CCCNC(c1ccc2[nH]c(=O)[nH]c2c1)C1(C)CCCC1. The van der Waals surface area contributed by atoms with Gasteiger partial charge in [0.25, 0.3) is 0 Å². The summed E-state index contributed by atoms with van der Waals surface area (Å²) in [5.41, 5.74) is 3.26. The highest BCUT2D eigenvalue weighted by Gasteiger charge is 2.37. The van der Waals surface area contributed by atoms with Gasteiger partial charge in [-0.15, -0.1) is 0 Å². The van der Waals surface area contributed by atoms with Gasteiger partial charge < -0.3 is 15.3 Å². The number of benzene rings is 1. The molecule has 4 heteroatoms. The Morgan fingerprint density at radius 2 is 1.95 bits per heavy atom. The van der Waals surface area contributed by atoms with Crippen molar-refractivity contribution in [1.29, 1.82) is 0 Å². The molecule has 0 bridgehead atoms. The van der Waals surface area contributed by atoms with Gasteiger partial charge in [0.2, 0.25) is 0 Å². The zero-order valence-corrected chi connectivity index (χ0v) is 13.0. The lowest BCUT2D eigenvalue weighted by atomic mass is 9.77. The fourth-order valence-corrected chi connectivity index (χ4v) is 3.76. The van der Waals surface area contributed by atoms with Crippen LogP contribution in [0.4, 0.5) is 0 Å². The van der Waals surface area contributed by atoms with Gasteiger partial charge in [0.15, 0.2) is 0 Å². The smallest absolute Gasteiger partial charge is 0.309 e. The van der Waals surface area contributed by atoms with Crippen molar-refractivity contribution in [1.82, 2.24) is 15.3 Å². The number of H-pyrrole nitrogens is 2. The van der Waals surface area contributed by atoms with Crippen LogP contribution in [0, 0.1) is 5.41 Å². The summed E-state index contributed by atoms with van der Waals surface area (Å²) >= 11 is 0. The molecule has 0 saturated heterocycles. The van der Waals surface area contributed by atoms with Crippen LogP contribution in [0.2, 0.25) is 0 Å². The number of aromatic amines is 2. The first-order chi connectivity index (χ1) is 10.1. The van der Waals surface area contributed by atoms with Crippen LogP contribution in [0.3, 0.4) is 0 Å². The summed E-state index contributed by atoms with van der Waals surface area (Å²) in [5, 5.41) is 3.74. The van der Waals surface area contributed by atoms with Crippen molar-refractivity contribution in [3.05, 3.63) is 34.2 Å². The average Bonchev–Trinajstić information content (AvgIpc) is 3.04. The van der Waals surface area contributed by atoms with Crippen LogP contribution in [0.1, 0.15) is 57.6 Å². The number of hydrogen-bond donors (Lipinski definition) is 3. The molecule has 1 saturated carbocycles. The van der Waals surface area contributed by atoms with Gasteiger partial charge in [-0.25, -0.2) is 4.79 Å². The molecule has 0 aliphatic heterocycles. The molecule has 1 aromatic heterocycles. The molecule has 1 aliphatic rings. The van der Waals surface area contributed by atoms with E-state index in [9.17, 15) is 4.79 Å². The molecule has 1 aliphatic carbocycles. The third kappa shape index (κ3) is 2.77. The minimum absolute atomic E-state index is 0.132. The molecule has 114 valence electrons. The van der Waals surface area contributed by atoms with Gasteiger partial charge in [-0.3, -0.25) is 0 Å². The monoisotopic (exact) mass is 287 g/mol. The first-order valence-electron chi connectivity index (χ1n) is 8.08. The lowest BCUT2D eigenvalue weighted by Crippen LogP contribution is -2.35. The van der Waals surface area contributed by atoms with E-state index in [0.717, 1.165) is 24.0 Å². The van der Waals surface area contributed by atoms with Crippen molar-refractivity contribution in [3.8, 4) is 0 Å². The fraction of sp³-hybridized carbons (Fsp3) is 0.588. The summed E-state index contributed by atoms with van der Waals surface area (Å²) in [6.07, 6.45) is 6.33. The number of nitrogens with one attached hydrogen (secondary N) is 3. The largest absolute Gasteiger partial charge is 0.323 e. The highest BCUT2D eigenvalue weighted by atomic mass is 16.1. The highest BCUT2D eigenvalue weighted by Crippen LogP contribution is 2.47. The maximum absolute atomic E-state index is 11.4. The molecule has 3 rings (SSSR count). The van der Waals surface area contributed by atoms with Gasteiger partial charge in [-0.2, -0.15) is 0 Å². The second-order valence-electron chi connectivity index (χ2n) is 6.63. The van der Waals surface area contributed by atoms with E-state index in [4.69, 9.17) is 0 Å². The minimum atomic E-state index is -0.132. The number of rotatable bonds is 5. The maximum Gasteiger partial charge on any atom is 0.323 e. The van der Waals surface area contributed by atoms with E-state index in [1.807, 2.05) is 6.07 Å². The average molecular weight is 287 g/mol. The Morgan fingerprint density at radius 1 is 1.24 bits per heavy atom. The van der Waals surface area contributed by atoms with E-state index in [0.29, 0.717) is 11.5 Å². The van der Waals surface area contributed by atoms with Gasteiger partial charge in [0.1, 0.15) is 0 Å². The number of hydrogen-bond acceptors (Lipinski definition) is 2. The first kappa shape index (κ1) is 14.4. The van der Waals surface area contributed by atoms with Gasteiger partial charge in [-0.05, 0) is 48.9 Å². The molecule has 1 atom stereocenters. The Labute approximate surface area is 125 Å². The lowest BCUT2D eigenvalue weighted by Gasteiger charge is -2.35. The van der Waals surface area contributed by atoms with E-state index >= 15 is 0 Å². The zero-order chi connectivity index (χ0) is 14.9. The molecule has 0 radical (unpaired) electrons. The van der Waals surface area contributed by atoms with Crippen LogP contribution in [-0.4, -0.2) is 16.5 Å². The zero-order valence-electron chi connectivity index (χ0n) is 13.0. The summed E-state index contributed by atoms with van der Waals surface area (Å²) in [7, 11) is 0. The van der Waals surface area contributed by atoms with Crippen LogP contribution in [-0.2, 0) is 0 Å². The Balaban J connectivity index is 1.98. The van der Waals surface area contributed by atoms with Gasteiger partial charge >= 0.3 is 5.69 Å². The van der Waals surface area contributed by atoms with Gasteiger partial charge in [0, 0.05) is 6.04 Å². The Bertz CT molecular complexity index is 664. The van der Waals surface area contributed by atoms with Gasteiger partial charge in [-0.1, -0.05) is 32.8 Å². The second-order valence-corrected chi connectivity index (χ2v) is 6.63. The molecule has 1 heterocycles. The van der Waals surface area contributed by atoms with Crippen molar-refractivity contribution < 1.29 is 0 Å². The molecule has 3 N–H and O–H groups in total. The van der Waals surface area contributed by atoms with Crippen molar-refractivity contribution >= 4 is 11.0 Å². The predicted molar refractivity (Wildman–Crippen MR) is 86.5 cm³/mol. The third-order valence-electron chi connectivity index (χ3n) is 4.91. The summed E-state index contributed by atoms with van der Waals surface area (Å²) in [4.78, 5) is 17.1. The van der Waals surface area contributed by atoms with Crippen LogP contribution in [0.15, 0.2) is 23.0 Å². The maximum atomic E-state index is 11.4. The van der Waals surface area contributed by atoms with E-state index in [1.165, 1.54) is 31.2 Å². The Hall–Kier alpha value is -1.55. The molecule has 4 nitrogen and oxygen atoms in total. The predicted octanol–water partition coefficient (Wildman–Crippen LogP) is 3.48. The van der Waals surface area contributed by atoms with E-state index in [1.54, 1.807) is 0 Å². The van der Waals surface area contributed by atoms with Crippen molar-refractivity contribution in [2.24, 2.45) is 5.41 Å². The fourth-order valence-electron chi connectivity index (χ4n) is 3.76. The van der Waals surface area contributed by atoms with Crippen LogP contribution in [0.25, 0.3) is 11.0 Å². The Kier molecular flexibility index (Phi) is 3.89. The summed E-state index contributed by atoms with van der Waals surface area (Å²) in [5.74, 6) is 0. The normalized spacial score (nSPS) is 19.1. The summed E-state index contributed by atoms with van der Waals surface area (Å²) < 4.78 is 0. The summed E-state index contributed by atoms with van der Waals surface area (Å²) in [6.45, 7) is 5.63. The molecule has 21 heavy (non-hydrogen) atoms. The quantitative estimate of drug-likeness (QED) is 0.788. The molecule has 0 amide bonds. The number of fused-ring (bicyclic) bond motifs is 1. The van der Waals surface area contributed by atoms with Crippen molar-refractivity contribution in [2.45, 2.75) is 52.0 Å². The molecule has 0 spiro atoms. The molecular formula is C17H25N3O. The summed E-state index contributed by atoms with van der Waals surface area (Å²) in [6, 6.07) is 6.66. The van der Waals surface area contributed by atoms with Crippen molar-refractivity contribution in [2.75, 3.05) is 6.54 Å². The molecular weight excluding hydrogens is 262 g/mol. The third-order valence-corrected chi connectivity index (χ3v) is 4.91. The molecule has 1 unspecified atom stereocenters. The van der Waals surface area contributed by atoms with E-state index < -0.39 is 0 Å². The number of aromatic nitrogens is 2. The minimum Gasteiger partial charge on any atom is -0.309 e. The topological polar surface area (TPSA) is 60.7 Å². The molecule has 1 fully saturated rings. The molecule has 2 aromatic rings. The second kappa shape index (κ2) is 5.68. The Morgan fingerprint density at radius 3 is 2.67 bits per heavy atom. The van der Waals surface area contributed by atoms with Crippen LogP contribution in [0.5, 0.6) is 0 Å². The number of imidazole rings is 1. The first-order valence-corrected chi connectivity index (χ1v) is 8.08. The van der Waals surface area contributed by atoms with Crippen molar-refractivity contribution in [3.63, 3.8) is 0 Å². The van der Waals surface area contributed by atoms with E-state index in [2.05, 4.69) is 41.3 Å². The van der Waals surface area contributed by atoms with Crippen LogP contribution >= 0.6 is 0 Å². The molecule has 1 aromatic carbocycles. The highest BCUT2D eigenvalue weighted by molar-refractivity contribution is 5.75.